The Morgan fingerprint density at radius 1 is 1.35 bits per heavy atom. The molecule has 2 aromatic rings. The van der Waals surface area contributed by atoms with Crippen molar-refractivity contribution in [2.45, 2.75) is 13.8 Å². The van der Waals surface area contributed by atoms with E-state index in [-0.39, 0.29) is 18.0 Å². The summed E-state index contributed by atoms with van der Waals surface area (Å²) in [5.41, 5.74) is 1.75. The summed E-state index contributed by atoms with van der Waals surface area (Å²) >= 11 is 0. The Morgan fingerprint density at radius 3 is 2.65 bits per heavy atom. The molecule has 20 heavy (non-hydrogen) atoms. The van der Waals surface area contributed by atoms with Gasteiger partial charge in [-0.25, -0.2) is 9.78 Å². The molecule has 1 aromatic carbocycles. The van der Waals surface area contributed by atoms with Crippen LogP contribution in [-0.2, 0) is 21.4 Å². The molecule has 0 unspecified atom stereocenters. The molecule has 1 aromatic heterocycles. The number of hydrogen-bond acceptors (Lipinski definition) is 4. The Hall–Kier alpha value is -2.43. The minimum Gasteiger partial charge on any atom is -0.462 e. The van der Waals surface area contributed by atoms with E-state index >= 15 is 0 Å². The molecule has 2 rings (SSSR count). The molecule has 1 heterocycles. The molecule has 0 amide bonds. The molecule has 0 bridgehead atoms. The number of rotatable bonds is 4. The Bertz CT molecular complexity index is 698. The summed E-state index contributed by atoms with van der Waals surface area (Å²) in [5, 5.41) is 0. The summed E-state index contributed by atoms with van der Waals surface area (Å²) in [6.07, 6.45) is 1.47. The highest BCUT2D eigenvalue weighted by molar-refractivity contribution is 6.19. The Morgan fingerprint density at radius 2 is 2.05 bits per heavy atom. The van der Waals surface area contributed by atoms with Gasteiger partial charge in [0.25, 0.3) is 0 Å². The van der Waals surface area contributed by atoms with Crippen LogP contribution in [0.15, 0.2) is 29.8 Å². The standard InChI is InChI=1S/C15H16N2O3/c1-4-20-15(19)11(10(2)18)9-14-16-12-7-5-6-8-13(12)17(14)3/h5-9H,4H2,1-3H3/b11-9-. The average Bonchev–Trinajstić information content (AvgIpc) is 2.73. The fourth-order valence-electron chi connectivity index (χ4n) is 1.94. The summed E-state index contributed by atoms with van der Waals surface area (Å²) in [4.78, 5) is 27.8. The first kappa shape index (κ1) is 14.0. The number of benzene rings is 1. The van der Waals surface area contributed by atoms with E-state index in [2.05, 4.69) is 4.98 Å². The largest absolute Gasteiger partial charge is 0.462 e. The SMILES string of the molecule is CCOC(=O)/C(=C\c1nc2ccccc2n1C)C(C)=O. The van der Waals surface area contributed by atoms with E-state index in [1.165, 1.54) is 13.0 Å². The van der Waals surface area contributed by atoms with Crippen LogP contribution in [0.4, 0.5) is 0 Å². The molecule has 0 radical (unpaired) electrons. The molecule has 5 nitrogen and oxygen atoms in total. The lowest BCUT2D eigenvalue weighted by molar-refractivity contribution is -0.139. The third-order valence-electron chi connectivity index (χ3n) is 2.97. The highest BCUT2D eigenvalue weighted by Crippen LogP contribution is 2.17. The van der Waals surface area contributed by atoms with Gasteiger partial charge in [-0.2, -0.15) is 0 Å². The minimum absolute atomic E-state index is 0.00487. The van der Waals surface area contributed by atoms with Gasteiger partial charge in [-0.15, -0.1) is 0 Å². The van der Waals surface area contributed by atoms with Crippen LogP contribution in [-0.4, -0.2) is 27.9 Å². The molecule has 0 aliphatic rings. The first-order valence-electron chi connectivity index (χ1n) is 6.35. The third kappa shape index (κ3) is 2.61. The van der Waals surface area contributed by atoms with Crippen LogP contribution < -0.4 is 0 Å². The fraction of sp³-hybridized carbons (Fsp3) is 0.267. The number of hydrogen-bond donors (Lipinski definition) is 0. The van der Waals surface area contributed by atoms with Gasteiger partial charge in [-0.3, -0.25) is 4.79 Å². The molecule has 5 heteroatoms. The number of ether oxygens (including phenoxy) is 1. The van der Waals surface area contributed by atoms with E-state index in [9.17, 15) is 9.59 Å². The van der Waals surface area contributed by atoms with Crippen molar-refractivity contribution in [3.8, 4) is 0 Å². The van der Waals surface area contributed by atoms with E-state index in [0.29, 0.717) is 5.82 Å². The van der Waals surface area contributed by atoms with Gasteiger partial charge in [0.2, 0.25) is 0 Å². The number of Topliss-reactive ketones (excluding diaryl/α,β-unsaturated/α-hetero) is 1. The van der Waals surface area contributed by atoms with E-state index in [1.54, 1.807) is 6.92 Å². The summed E-state index contributed by atoms with van der Waals surface area (Å²) in [6, 6.07) is 7.61. The first-order valence-corrected chi connectivity index (χ1v) is 6.35. The smallest absolute Gasteiger partial charge is 0.341 e. The number of fused-ring (bicyclic) bond motifs is 1. The van der Waals surface area contributed by atoms with Crippen molar-refractivity contribution in [3.63, 3.8) is 0 Å². The molecule has 0 spiro atoms. The van der Waals surface area contributed by atoms with Crippen molar-refractivity contribution >= 4 is 28.9 Å². The number of ketones is 1. The number of imidazole rings is 1. The maximum atomic E-state index is 11.8. The maximum absolute atomic E-state index is 11.8. The number of carbonyl (C=O) groups is 2. The van der Waals surface area contributed by atoms with Crippen LogP contribution in [0, 0.1) is 0 Å². The Labute approximate surface area is 116 Å². The highest BCUT2D eigenvalue weighted by atomic mass is 16.5. The van der Waals surface area contributed by atoms with Gasteiger partial charge < -0.3 is 9.30 Å². The number of carbonyl (C=O) groups excluding carboxylic acids is 2. The molecule has 0 aliphatic carbocycles. The summed E-state index contributed by atoms with van der Waals surface area (Å²) in [6.45, 7) is 3.27. The van der Waals surface area contributed by atoms with Crippen molar-refractivity contribution in [1.82, 2.24) is 9.55 Å². The lowest BCUT2D eigenvalue weighted by Gasteiger charge is -2.03. The Balaban J connectivity index is 2.51. The number of para-hydroxylation sites is 2. The van der Waals surface area contributed by atoms with Crippen LogP contribution in [0.3, 0.4) is 0 Å². The number of aromatic nitrogens is 2. The van der Waals surface area contributed by atoms with E-state index in [1.807, 2.05) is 35.9 Å². The number of aryl methyl sites for hydroxylation is 1. The molecule has 0 saturated carbocycles. The molecular weight excluding hydrogens is 256 g/mol. The second-order valence-electron chi connectivity index (χ2n) is 4.35. The molecule has 0 saturated heterocycles. The minimum atomic E-state index is -0.618. The molecule has 104 valence electrons. The quantitative estimate of drug-likeness (QED) is 0.370. The highest BCUT2D eigenvalue weighted by Gasteiger charge is 2.17. The first-order chi connectivity index (χ1) is 9.54. The number of nitrogens with zero attached hydrogens (tertiary/aromatic N) is 2. The summed E-state index contributed by atoms with van der Waals surface area (Å²) < 4.78 is 6.72. The van der Waals surface area contributed by atoms with Gasteiger partial charge in [0.15, 0.2) is 5.78 Å². The van der Waals surface area contributed by atoms with Crippen LogP contribution in [0.25, 0.3) is 17.1 Å². The predicted octanol–water partition coefficient (Wildman–Crippen LogP) is 2.11. The topological polar surface area (TPSA) is 61.2 Å². The van der Waals surface area contributed by atoms with Crippen molar-refractivity contribution in [1.29, 1.82) is 0 Å². The number of esters is 1. The van der Waals surface area contributed by atoms with Crippen molar-refractivity contribution in [3.05, 3.63) is 35.7 Å². The molecule has 0 fully saturated rings. The lowest BCUT2D eigenvalue weighted by Crippen LogP contribution is -2.14. The molecular formula is C15H16N2O3. The molecule has 0 aliphatic heterocycles. The van der Waals surface area contributed by atoms with Gasteiger partial charge in [-0.05, 0) is 32.1 Å². The lowest BCUT2D eigenvalue weighted by atomic mass is 10.1. The van der Waals surface area contributed by atoms with E-state index in [0.717, 1.165) is 11.0 Å². The van der Waals surface area contributed by atoms with Crippen molar-refractivity contribution < 1.29 is 14.3 Å². The average molecular weight is 272 g/mol. The van der Waals surface area contributed by atoms with E-state index in [4.69, 9.17) is 4.74 Å². The van der Waals surface area contributed by atoms with Crippen molar-refractivity contribution in [2.24, 2.45) is 7.05 Å². The Kier molecular flexibility index (Phi) is 3.98. The molecule has 0 N–H and O–H groups in total. The summed E-state index contributed by atoms with van der Waals surface area (Å²) in [7, 11) is 1.84. The van der Waals surface area contributed by atoms with Crippen LogP contribution in [0.2, 0.25) is 0 Å². The van der Waals surface area contributed by atoms with Gasteiger partial charge >= 0.3 is 5.97 Å². The predicted molar refractivity (Wildman–Crippen MR) is 76.0 cm³/mol. The molecule has 0 atom stereocenters. The van der Waals surface area contributed by atoms with Crippen molar-refractivity contribution in [2.75, 3.05) is 6.61 Å². The van der Waals surface area contributed by atoms with E-state index < -0.39 is 5.97 Å². The summed E-state index contributed by atoms with van der Waals surface area (Å²) in [5.74, 6) is -0.410. The van der Waals surface area contributed by atoms with Gasteiger partial charge in [0, 0.05) is 7.05 Å². The second kappa shape index (κ2) is 5.69. The zero-order valence-electron chi connectivity index (χ0n) is 11.7. The van der Waals surface area contributed by atoms with Gasteiger partial charge in [0.05, 0.1) is 17.6 Å². The zero-order chi connectivity index (χ0) is 14.7. The third-order valence-corrected chi connectivity index (χ3v) is 2.97. The van der Waals surface area contributed by atoms with Crippen LogP contribution in [0.1, 0.15) is 19.7 Å². The monoisotopic (exact) mass is 272 g/mol. The van der Waals surface area contributed by atoms with Crippen LogP contribution >= 0.6 is 0 Å². The maximum Gasteiger partial charge on any atom is 0.341 e. The van der Waals surface area contributed by atoms with Crippen LogP contribution in [0.5, 0.6) is 0 Å². The normalized spacial score (nSPS) is 11.7. The zero-order valence-corrected chi connectivity index (χ0v) is 11.7. The fourth-order valence-corrected chi connectivity index (χ4v) is 1.94. The second-order valence-corrected chi connectivity index (χ2v) is 4.35. The van der Waals surface area contributed by atoms with Gasteiger partial charge in [-0.1, -0.05) is 12.1 Å². The van der Waals surface area contributed by atoms with Gasteiger partial charge in [0.1, 0.15) is 11.4 Å².